The molecular weight excluding hydrogens is 719 g/mol. The van der Waals surface area contributed by atoms with Gasteiger partial charge in [-0.3, -0.25) is 0 Å². The van der Waals surface area contributed by atoms with Crippen LogP contribution < -0.4 is 4.74 Å². The molecule has 0 N–H and O–H groups in total. The van der Waals surface area contributed by atoms with Crippen LogP contribution in [0.1, 0.15) is 35.0 Å². The molecule has 2 heterocycles. The standard InChI is InChI=1S/C55H37N3O/c1-54-30-11-10-14-42(54)33-41(29-31-54)53-57-51(56-52(58-53)40-26-23-35-12-2-3-13-38(35)32-40)37-24-21-36(22-25-37)39-27-28-44-43-15-4-5-16-45(43)55(48(44)34-39)46-17-6-8-19-49(46)59-50-20-9-7-18-47(50)55/h2-34,42H,1H3. The van der Waals surface area contributed by atoms with E-state index in [0.717, 1.165) is 55.8 Å². The van der Waals surface area contributed by atoms with Crippen LogP contribution in [-0.4, -0.2) is 15.0 Å². The first kappa shape index (κ1) is 33.7. The molecule has 1 spiro atoms. The zero-order valence-corrected chi connectivity index (χ0v) is 32.4. The van der Waals surface area contributed by atoms with Gasteiger partial charge in [-0.05, 0) is 68.4 Å². The van der Waals surface area contributed by atoms with Gasteiger partial charge in [-0.15, -0.1) is 0 Å². The number of aromatic nitrogens is 3. The quantitative estimate of drug-likeness (QED) is 0.179. The summed E-state index contributed by atoms with van der Waals surface area (Å²) in [5, 5.41) is 2.33. The Balaban J connectivity index is 0.977. The monoisotopic (exact) mass is 755 g/mol. The van der Waals surface area contributed by atoms with E-state index in [9.17, 15) is 0 Å². The number of fused-ring (bicyclic) bond motifs is 11. The lowest BCUT2D eigenvalue weighted by atomic mass is 9.66. The Morgan fingerprint density at radius 2 is 1.08 bits per heavy atom. The van der Waals surface area contributed by atoms with Gasteiger partial charge in [0.15, 0.2) is 17.5 Å². The first-order valence-electron chi connectivity index (χ1n) is 20.3. The largest absolute Gasteiger partial charge is 0.457 e. The van der Waals surface area contributed by atoms with Crippen LogP contribution in [0.2, 0.25) is 0 Å². The van der Waals surface area contributed by atoms with Crippen molar-refractivity contribution in [3.63, 3.8) is 0 Å². The molecule has 12 rings (SSSR count). The van der Waals surface area contributed by atoms with Crippen molar-refractivity contribution in [2.24, 2.45) is 11.3 Å². The van der Waals surface area contributed by atoms with Crippen molar-refractivity contribution in [2.45, 2.75) is 12.3 Å². The molecule has 0 saturated heterocycles. The number of hydrogen-bond donors (Lipinski definition) is 0. The highest BCUT2D eigenvalue weighted by Gasteiger charge is 2.51. The third-order valence-corrected chi connectivity index (χ3v) is 12.8. The summed E-state index contributed by atoms with van der Waals surface area (Å²) < 4.78 is 6.57. The number of rotatable bonds is 4. The van der Waals surface area contributed by atoms with Crippen LogP contribution in [0.15, 0.2) is 200 Å². The van der Waals surface area contributed by atoms with Gasteiger partial charge in [0.25, 0.3) is 0 Å². The van der Waals surface area contributed by atoms with E-state index in [2.05, 4.69) is 207 Å². The third kappa shape index (κ3) is 5.12. The van der Waals surface area contributed by atoms with E-state index in [-0.39, 0.29) is 11.3 Å². The molecule has 4 aliphatic rings. The molecule has 1 aromatic heterocycles. The second-order valence-electron chi connectivity index (χ2n) is 16.2. The summed E-state index contributed by atoms with van der Waals surface area (Å²) in [6.07, 6.45) is 15.5. The first-order chi connectivity index (χ1) is 29.0. The lowest BCUT2D eigenvalue weighted by Crippen LogP contribution is -2.32. The van der Waals surface area contributed by atoms with E-state index in [4.69, 9.17) is 19.7 Å². The molecule has 4 nitrogen and oxygen atoms in total. The molecule has 59 heavy (non-hydrogen) atoms. The normalized spacial score (nSPS) is 18.7. The molecule has 7 aromatic carbocycles. The van der Waals surface area contributed by atoms with Crippen molar-refractivity contribution in [1.29, 1.82) is 0 Å². The number of benzene rings is 7. The molecule has 2 unspecified atom stereocenters. The Kier molecular flexibility index (Phi) is 7.30. The fraction of sp³-hybridized carbons (Fsp3) is 0.0727. The number of allylic oxidation sites excluding steroid dienone is 8. The van der Waals surface area contributed by atoms with Crippen molar-refractivity contribution >= 4 is 16.3 Å². The Labute approximate surface area is 343 Å². The summed E-state index contributed by atoms with van der Waals surface area (Å²) in [7, 11) is 0. The zero-order valence-electron chi connectivity index (χ0n) is 32.4. The molecule has 0 bridgehead atoms. The minimum Gasteiger partial charge on any atom is -0.457 e. The predicted molar refractivity (Wildman–Crippen MR) is 238 cm³/mol. The van der Waals surface area contributed by atoms with Gasteiger partial charge >= 0.3 is 0 Å². The average molecular weight is 756 g/mol. The van der Waals surface area contributed by atoms with Gasteiger partial charge in [0.1, 0.15) is 11.5 Å². The van der Waals surface area contributed by atoms with Crippen molar-refractivity contribution in [2.75, 3.05) is 0 Å². The van der Waals surface area contributed by atoms with Crippen LogP contribution in [0.4, 0.5) is 0 Å². The molecular formula is C55H37N3O. The molecule has 3 aliphatic carbocycles. The highest BCUT2D eigenvalue weighted by molar-refractivity contribution is 5.91. The molecule has 0 radical (unpaired) electrons. The molecule has 0 amide bonds. The molecule has 0 saturated carbocycles. The van der Waals surface area contributed by atoms with Crippen molar-refractivity contribution in [3.05, 3.63) is 228 Å². The maximum Gasteiger partial charge on any atom is 0.164 e. The van der Waals surface area contributed by atoms with Gasteiger partial charge < -0.3 is 4.74 Å². The molecule has 1 aliphatic heterocycles. The molecule has 0 fully saturated rings. The molecule has 8 aromatic rings. The summed E-state index contributed by atoms with van der Waals surface area (Å²) >= 11 is 0. The van der Waals surface area contributed by atoms with Gasteiger partial charge in [0.05, 0.1) is 5.41 Å². The van der Waals surface area contributed by atoms with Gasteiger partial charge in [-0.2, -0.15) is 0 Å². The summed E-state index contributed by atoms with van der Waals surface area (Å²) in [6.45, 7) is 2.27. The van der Waals surface area contributed by atoms with Gasteiger partial charge in [-0.25, -0.2) is 15.0 Å². The highest BCUT2D eigenvalue weighted by atomic mass is 16.5. The summed E-state index contributed by atoms with van der Waals surface area (Å²) in [6, 6.07) is 56.3. The fourth-order valence-corrected chi connectivity index (χ4v) is 9.77. The number of para-hydroxylation sites is 2. The van der Waals surface area contributed by atoms with E-state index in [1.165, 1.54) is 27.6 Å². The van der Waals surface area contributed by atoms with Crippen molar-refractivity contribution in [3.8, 4) is 56.5 Å². The lowest BCUT2D eigenvalue weighted by Gasteiger charge is -2.39. The van der Waals surface area contributed by atoms with E-state index >= 15 is 0 Å². The van der Waals surface area contributed by atoms with Crippen molar-refractivity contribution < 1.29 is 4.74 Å². The van der Waals surface area contributed by atoms with E-state index < -0.39 is 5.41 Å². The zero-order chi connectivity index (χ0) is 39.1. The lowest BCUT2D eigenvalue weighted by molar-refractivity contribution is 0.436. The van der Waals surface area contributed by atoms with Crippen LogP contribution in [0.25, 0.3) is 61.4 Å². The third-order valence-electron chi connectivity index (χ3n) is 12.8. The SMILES string of the molecule is CC12C=CC=CC1C=C(c1nc(-c3ccc(-c4ccc5c(c4)C4(c6ccccc6Oc6ccccc64)c4ccccc4-5)cc3)nc(-c3ccc4ccccc4c3)n1)C=C2. The van der Waals surface area contributed by atoms with Gasteiger partial charge in [-0.1, -0.05) is 183 Å². The minimum absolute atomic E-state index is 0.0668. The van der Waals surface area contributed by atoms with E-state index in [1.54, 1.807) is 0 Å². The number of ether oxygens (including phenoxy) is 1. The molecule has 2 atom stereocenters. The average Bonchev–Trinajstić information content (AvgIpc) is 3.58. The van der Waals surface area contributed by atoms with E-state index in [1.807, 2.05) is 0 Å². The van der Waals surface area contributed by atoms with E-state index in [0.29, 0.717) is 17.5 Å². The Morgan fingerprint density at radius 3 is 1.88 bits per heavy atom. The second-order valence-corrected chi connectivity index (χ2v) is 16.2. The van der Waals surface area contributed by atoms with Gasteiger partial charge in [0.2, 0.25) is 0 Å². The molecule has 4 heteroatoms. The summed E-state index contributed by atoms with van der Waals surface area (Å²) in [4.78, 5) is 15.4. The number of nitrogens with zero attached hydrogens (tertiary/aromatic N) is 3. The van der Waals surface area contributed by atoms with Crippen LogP contribution in [0.5, 0.6) is 11.5 Å². The maximum absolute atomic E-state index is 6.57. The second kappa shape index (κ2) is 12.8. The summed E-state index contributed by atoms with van der Waals surface area (Å²) in [5.74, 6) is 3.97. The predicted octanol–water partition coefficient (Wildman–Crippen LogP) is 13.2. The number of hydrogen-bond acceptors (Lipinski definition) is 4. The Bertz CT molecular complexity index is 3120. The van der Waals surface area contributed by atoms with Crippen LogP contribution in [-0.2, 0) is 5.41 Å². The molecule has 278 valence electrons. The smallest absolute Gasteiger partial charge is 0.164 e. The minimum atomic E-state index is -0.517. The maximum atomic E-state index is 6.57. The topological polar surface area (TPSA) is 47.9 Å². The summed E-state index contributed by atoms with van der Waals surface area (Å²) in [5.41, 5.74) is 11.9. The first-order valence-corrected chi connectivity index (χ1v) is 20.3. The highest BCUT2D eigenvalue weighted by Crippen LogP contribution is 2.62. The van der Waals surface area contributed by atoms with Crippen molar-refractivity contribution in [1.82, 2.24) is 15.0 Å². The van der Waals surface area contributed by atoms with Crippen LogP contribution in [0.3, 0.4) is 0 Å². The van der Waals surface area contributed by atoms with Crippen LogP contribution in [0, 0.1) is 11.3 Å². The Morgan fingerprint density at radius 1 is 0.475 bits per heavy atom. The van der Waals surface area contributed by atoms with Gasteiger partial charge in [0, 0.05) is 39.2 Å². The Hall–Kier alpha value is -7.43. The fourth-order valence-electron chi connectivity index (χ4n) is 9.77. The van der Waals surface area contributed by atoms with Crippen LogP contribution >= 0.6 is 0 Å².